The fraction of sp³-hybridized carbons (Fsp3) is 0. The van der Waals surface area contributed by atoms with E-state index in [1.54, 1.807) is 54.6 Å². The van der Waals surface area contributed by atoms with Gasteiger partial charge in [0.25, 0.3) is 11.4 Å². The highest BCUT2D eigenvalue weighted by atomic mass is 16.6. The van der Waals surface area contributed by atoms with Crippen molar-refractivity contribution in [2.75, 3.05) is 0 Å². The number of nitro groups is 2. The van der Waals surface area contributed by atoms with Crippen LogP contribution in [0.5, 0.6) is 23.0 Å². The summed E-state index contributed by atoms with van der Waals surface area (Å²) in [4.78, 5) is 42.1. The topological polar surface area (TPSA) is 168 Å². The maximum absolute atomic E-state index is 11.6. The summed E-state index contributed by atoms with van der Waals surface area (Å²) in [5, 5.41) is 31.3. The standard InChI is InChI=1S/C33H20N4O8/c38-33(39)22-5-18-29-30(19-22)35-32(21-3-12-26(13-4-21)45-28-16-8-24(9-17-28)37(42)43)31(34-29)20-1-10-25(11-2-20)44-27-14-6-23(7-15-27)36(40)41/h1-19H,(H,38,39). The van der Waals surface area contributed by atoms with Gasteiger partial charge in [-0.15, -0.1) is 0 Å². The molecule has 0 atom stereocenters. The van der Waals surface area contributed by atoms with Crippen LogP contribution in [0.1, 0.15) is 10.4 Å². The van der Waals surface area contributed by atoms with Crippen molar-refractivity contribution in [2.45, 2.75) is 0 Å². The molecule has 0 spiro atoms. The van der Waals surface area contributed by atoms with Gasteiger partial charge in [0.05, 0.1) is 37.8 Å². The van der Waals surface area contributed by atoms with Gasteiger partial charge in [-0.05, 0) is 91.0 Å². The first-order valence-corrected chi connectivity index (χ1v) is 13.3. The van der Waals surface area contributed by atoms with Crippen LogP contribution >= 0.6 is 0 Å². The second-order valence-electron chi connectivity index (χ2n) is 9.68. The zero-order valence-corrected chi connectivity index (χ0v) is 23.1. The van der Waals surface area contributed by atoms with Crippen LogP contribution in [0.15, 0.2) is 115 Å². The van der Waals surface area contributed by atoms with E-state index in [2.05, 4.69) is 0 Å². The fourth-order valence-corrected chi connectivity index (χ4v) is 4.50. The van der Waals surface area contributed by atoms with Crippen LogP contribution in [0.3, 0.4) is 0 Å². The van der Waals surface area contributed by atoms with E-state index < -0.39 is 15.8 Å². The van der Waals surface area contributed by atoms with Crippen LogP contribution in [0.4, 0.5) is 11.4 Å². The molecule has 0 radical (unpaired) electrons. The smallest absolute Gasteiger partial charge is 0.335 e. The molecule has 0 aliphatic heterocycles. The third-order valence-corrected chi connectivity index (χ3v) is 6.73. The molecule has 6 aromatic rings. The van der Waals surface area contributed by atoms with Crippen LogP contribution in [0.25, 0.3) is 33.5 Å². The average molecular weight is 601 g/mol. The van der Waals surface area contributed by atoms with Gasteiger partial charge in [-0.1, -0.05) is 0 Å². The van der Waals surface area contributed by atoms with Gasteiger partial charge < -0.3 is 14.6 Å². The first kappa shape index (κ1) is 28.4. The first-order chi connectivity index (χ1) is 21.7. The number of non-ortho nitro benzene ring substituents is 2. The molecule has 45 heavy (non-hydrogen) atoms. The largest absolute Gasteiger partial charge is 0.478 e. The van der Waals surface area contributed by atoms with Crippen LogP contribution in [-0.2, 0) is 0 Å². The van der Waals surface area contributed by atoms with E-state index >= 15 is 0 Å². The molecule has 0 unspecified atom stereocenters. The molecule has 0 saturated carbocycles. The van der Waals surface area contributed by atoms with E-state index in [9.17, 15) is 30.1 Å². The number of nitro benzene ring substituents is 2. The molecule has 1 N–H and O–H groups in total. The van der Waals surface area contributed by atoms with Gasteiger partial charge in [-0.25, -0.2) is 14.8 Å². The van der Waals surface area contributed by atoms with Crippen LogP contribution in [0.2, 0.25) is 0 Å². The molecular weight excluding hydrogens is 580 g/mol. The number of carboxylic acid groups (broad SMARTS) is 1. The Morgan fingerprint density at radius 3 is 1.31 bits per heavy atom. The number of ether oxygens (including phenoxy) is 2. The Labute approximate surface area is 254 Å². The van der Waals surface area contributed by atoms with E-state index in [1.807, 2.05) is 0 Å². The predicted molar refractivity (Wildman–Crippen MR) is 164 cm³/mol. The monoisotopic (exact) mass is 600 g/mol. The summed E-state index contributed by atoms with van der Waals surface area (Å²) in [5.41, 5.74) is 3.33. The van der Waals surface area contributed by atoms with Crippen molar-refractivity contribution in [2.24, 2.45) is 0 Å². The van der Waals surface area contributed by atoms with Crippen molar-refractivity contribution >= 4 is 28.4 Å². The molecular formula is C33H20N4O8. The number of hydrogen-bond acceptors (Lipinski definition) is 9. The minimum Gasteiger partial charge on any atom is -0.478 e. The van der Waals surface area contributed by atoms with Crippen molar-refractivity contribution in [3.63, 3.8) is 0 Å². The summed E-state index contributed by atoms with van der Waals surface area (Å²) in [7, 11) is 0. The van der Waals surface area contributed by atoms with Gasteiger partial charge in [-0.2, -0.15) is 0 Å². The minimum absolute atomic E-state index is 0.0403. The highest BCUT2D eigenvalue weighted by Crippen LogP contribution is 2.34. The van der Waals surface area contributed by atoms with Gasteiger partial charge in [0.1, 0.15) is 23.0 Å². The van der Waals surface area contributed by atoms with Crippen LogP contribution in [-0.4, -0.2) is 30.9 Å². The Bertz CT molecular complexity index is 2060. The summed E-state index contributed by atoms with van der Waals surface area (Å²) in [6.45, 7) is 0. The second-order valence-corrected chi connectivity index (χ2v) is 9.68. The number of rotatable bonds is 9. The van der Waals surface area contributed by atoms with Crippen molar-refractivity contribution in [1.82, 2.24) is 9.97 Å². The molecule has 0 aliphatic rings. The van der Waals surface area contributed by atoms with Gasteiger partial charge in [0.2, 0.25) is 0 Å². The lowest BCUT2D eigenvalue weighted by atomic mass is 10.0. The van der Waals surface area contributed by atoms with E-state index in [1.165, 1.54) is 60.7 Å². The molecule has 220 valence electrons. The van der Waals surface area contributed by atoms with E-state index in [0.29, 0.717) is 56.5 Å². The number of carbonyl (C=O) groups is 1. The summed E-state index contributed by atoms with van der Waals surface area (Å²) in [5.74, 6) is 0.771. The Hall–Kier alpha value is -6.69. The van der Waals surface area contributed by atoms with Gasteiger partial charge in [0.15, 0.2) is 0 Å². The summed E-state index contributed by atoms with van der Waals surface area (Å²) in [6.07, 6.45) is 0. The third kappa shape index (κ3) is 6.24. The molecule has 0 bridgehead atoms. The quantitative estimate of drug-likeness (QED) is 0.126. The predicted octanol–water partition coefficient (Wildman–Crippen LogP) is 8.06. The zero-order chi connectivity index (χ0) is 31.5. The normalized spacial score (nSPS) is 10.8. The number of carboxylic acids is 1. The summed E-state index contributed by atoms with van der Waals surface area (Å²) >= 11 is 0. The first-order valence-electron chi connectivity index (χ1n) is 13.3. The number of hydrogen-bond donors (Lipinski definition) is 1. The molecule has 1 heterocycles. The lowest BCUT2D eigenvalue weighted by Crippen LogP contribution is -1.99. The molecule has 1 aromatic heterocycles. The van der Waals surface area contributed by atoms with Crippen molar-refractivity contribution < 1.29 is 29.2 Å². The number of fused-ring (bicyclic) bond motifs is 1. The Balaban J connectivity index is 1.33. The Morgan fingerprint density at radius 2 is 0.933 bits per heavy atom. The number of benzene rings is 5. The maximum Gasteiger partial charge on any atom is 0.335 e. The highest BCUT2D eigenvalue weighted by molar-refractivity contribution is 5.94. The Morgan fingerprint density at radius 1 is 0.556 bits per heavy atom. The average Bonchev–Trinajstić information content (AvgIpc) is 3.05. The lowest BCUT2D eigenvalue weighted by molar-refractivity contribution is -0.385. The fourth-order valence-electron chi connectivity index (χ4n) is 4.50. The second kappa shape index (κ2) is 11.9. The molecule has 12 heteroatoms. The van der Waals surface area contributed by atoms with Gasteiger partial charge in [-0.3, -0.25) is 20.2 Å². The molecule has 12 nitrogen and oxygen atoms in total. The van der Waals surface area contributed by atoms with Crippen LogP contribution < -0.4 is 9.47 Å². The van der Waals surface area contributed by atoms with E-state index in [0.717, 1.165) is 0 Å². The van der Waals surface area contributed by atoms with Crippen molar-refractivity contribution in [3.8, 4) is 45.5 Å². The SMILES string of the molecule is O=C(O)c1ccc2nc(-c3ccc(Oc4ccc([N+](=O)[O-])cc4)cc3)c(-c3ccc(Oc4ccc([N+](=O)[O-])cc4)cc3)nc2c1. The number of nitrogens with zero attached hydrogens (tertiary/aromatic N) is 4. The van der Waals surface area contributed by atoms with E-state index in [-0.39, 0.29) is 16.9 Å². The molecule has 0 aliphatic carbocycles. The lowest BCUT2D eigenvalue weighted by Gasteiger charge is -2.13. The van der Waals surface area contributed by atoms with Gasteiger partial charge in [0, 0.05) is 35.4 Å². The van der Waals surface area contributed by atoms with Crippen LogP contribution in [0, 0.1) is 20.2 Å². The Kier molecular flexibility index (Phi) is 7.51. The summed E-state index contributed by atoms with van der Waals surface area (Å²) < 4.78 is 11.7. The number of aromatic carboxylic acids is 1. The molecule has 5 aromatic carbocycles. The summed E-state index contributed by atoms with van der Waals surface area (Å²) in [6, 6.07) is 30.1. The van der Waals surface area contributed by atoms with Crippen molar-refractivity contribution in [3.05, 3.63) is 141 Å². The number of aromatic nitrogens is 2. The zero-order valence-electron chi connectivity index (χ0n) is 23.1. The molecule has 0 amide bonds. The van der Waals surface area contributed by atoms with Gasteiger partial charge >= 0.3 is 5.97 Å². The molecule has 6 rings (SSSR count). The molecule has 0 fully saturated rings. The maximum atomic E-state index is 11.6. The highest BCUT2D eigenvalue weighted by Gasteiger charge is 2.16. The minimum atomic E-state index is -1.08. The third-order valence-electron chi connectivity index (χ3n) is 6.73. The molecule has 0 saturated heterocycles. The van der Waals surface area contributed by atoms with Crippen molar-refractivity contribution in [1.29, 1.82) is 0 Å². The van der Waals surface area contributed by atoms with E-state index in [4.69, 9.17) is 19.4 Å².